The molecule has 3 rings (SSSR count). The zero-order chi connectivity index (χ0) is 19.8. The van der Waals surface area contributed by atoms with E-state index in [4.69, 9.17) is 0 Å². The Morgan fingerprint density at radius 1 is 1.00 bits per heavy atom. The summed E-state index contributed by atoms with van der Waals surface area (Å²) in [6, 6.07) is 15.9. The van der Waals surface area contributed by atoms with Crippen molar-refractivity contribution in [2.24, 2.45) is 0 Å². The van der Waals surface area contributed by atoms with Gasteiger partial charge in [-0.05, 0) is 55.4 Å². The maximum absolute atomic E-state index is 12.9. The first kappa shape index (κ1) is 20.1. The number of halogens is 1. The highest BCUT2D eigenvalue weighted by Crippen LogP contribution is 2.20. The molecular formula is C23H27FN2O2. The van der Waals surface area contributed by atoms with Crippen molar-refractivity contribution in [3.63, 3.8) is 0 Å². The van der Waals surface area contributed by atoms with Gasteiger partial charge in [0.1, 0.15) is 11.9 Å². The van der Waals surface area contributed by atoms with E-state index < -0.39 is 0 Å². The third-order valence-corrected chi connectivity index (χ3v) is 5.20. The summed E-state index contributed by atoms with van der Waals surface area (Å²) in [4.78, 5) is 26.9. The average Bonchev–Trinajstić information content (AvgIpc) is 3.21. The van der Waals surface area contributed by atoms with E-state index in [-0.39, 0.29) is 23.7 Å². The van der Waals surface area contributed by atoms with E-state index in [0.717, 1.165) is 43.2 Å². The molecule has 0 unspecified atom stereocenters. The molecule has 0 bridgehead atoms. The van der Waals surface area contributed by atoms with Crippen molar-refractivity contribution in [1.29, 1.82) is 0 Å². The molecular weight excluding hydrogens is 355 g/mol. The molecule has 28 heavy (non-hydrogen) atoms. The summed E-state index contributed by atoms with van der Waals surface area (Å²) in [6.07, 6.45) is 4.51. The molecule has 1 saturated heterocycles. The van der Waals surface area contributed by atoms with E-state index >= 15 is 0 Å². The molecule has 1 N–H and O–H groups in total. The SMILES string of the molecule is O=C(NCc1ccccc1)[C@@H]1CCCN1C(=O)CCCCc1ccc(F)cc1. The molecule has 1 heterocycles. The quantitative estimate of drug-likeness (QED) is 0.705. The fourth-order valence-electron chi connectivity index (χ4n) is 3.64. The van der Waals surface area contributed by atoms with E-state index in [1.165, 1.54) is 12.1 Å². The van der Waals surface area contributed by atoms with E-state index in [1.807, 2.05) is 30.3 Å². The van der Waals surface area contributed by atoms with Crippen LogP contribution in [0, 0.1) is 5.82 Å². The second-order valence-electron chi connectivity index (χ2n) is 7.28. The maximum Gasteiger partial charge on any atom is 0.243 e. The van der Waals surface area contributed by atoms with E-state index in [1.54, 1.807) is 17.0 Å². The van der Waals surface area contributed by atoms with Crippen LogP contribution in [0.1, 0.15) is 43.2 Å². The Morgan fingerprint density at radius 2 is 1.75 bits per heavy atom. The number of benzene rings is 2. The van der Waals surface area contributed by atoms with Gasteiger partial charge in [-0.15, -0.1) is 0 Å². The van der Waals surface area contributed by atoms with Gasteiger partial charge in [0.05, 0.1) is 0 Å². The van der Waals surface area contributed by atoms with Gasteiger partial charge in [-0.2, -0.15) is 0 Å². The molecule has 5 heteroatoms. The largest absolute Gasteiger partial charge is 0.350 e. The summed E-state index contributed by atoms with van der Waals surface area (Å²) in [5.74, 6) is -0.248. The van der Waals surface area contributed by atoms with Crippen molar-refractivity contribution in [2.45, 2.75) is 51.1 Å². The number of hydrogen-bond donors (Lipinski definition) is 1. The van der Waals surface area contributed by atoms with Gasteiger partial charge in [0.25, 0.3) is 0 Å². The molecule has 2 aromatic rings. The lowest BCUT2D eigenvalue weighted by molar-refractivity contribution is -0.138. The van der Waals surface area contributed by atoms with Crippen LogP contribution in [-0.2, 0) is 22.6 Å². The Labute approximate surface area is 165 Å². The van der Waals surface area contributed by atoms with Crippen LogP contribution < -0.4 is 5.32 Å². The number of hydrogen-bond acceptors (Lipinski definition) is 2. The molecule has 2 aromatic carbocycles. The van der Waals surface area contributed by atoms with Crippen LogP contribution in [0.2, 0.25) is 0 Å². The maximum atomic E-state index is 12.9. The first-order chi connectivity index (χ1) is 13.6. The van der Waals surface area contributed by atoms with Crippen LogP contribution in [0.4, 0.5) is 4.39 Å². The van der Waals surface area contributed by atoms with Crippen LogP contribution in [0.25, 0.3) is 0 Å². The molecule has 0 radical (unpaired) electrons. The number of amides is 2. The van der Waals surface area contributed by atoms with Crippen LogP contribution in [0.5, 0.6) is 0 Å². The number of carbonyl (C=O) groups excluding carboxylic acids is 2. The van der Waals surface area contributed by atoms with Crippen LogP contribution in [-0.4, -0.2) is 29.3 Å². The van der Waals surface area contributed by atoms with Crippen molar-refractivity contribution in [3.05, 3.63) is 71.5 Å². The average molecular weight is 382 g/mol. The molecule has 2 amide bonds. The van der Waals surface area contributed by atoms with Gasteiger partial charge in [-0.25, -0.2) is 4.39 Å². The van der Waals surface area contributed by atoms with Gasteiger partial charge < -0.3 is 10.2 Å². The molecule has 148 valence electrons. The van der Waals surface area contributed by atoms with Gasteiger partial charge in [-0.1, -0.05) is 42.5 Å². The molecule has 1 atom stereocenters. The molecule has 0 aromatic heterocycles. The number of likely N-dealkylation sites (tertiary alicyclic amines) is 1. The standard InChI is InChI=1S/C23H27FN2O2/c24-20-14-12-18(13-15-20)7-4-5-11-22(27)26-16-6-10-21(26)23(28)25-17-19-8-2-1-3-9-19/h1-3,8-9,12-15,21H,4-7,10-11,16-17H2,(H,25,28)/t21-/m0/s1. The summed E-state index contributed by atoms with van der Waals surface area (Å²) >= 11 is 0. The van der Waals surface area contributed by atoms with E-state index in [2.05, 4.69) is 5.32 Å². The van der Waals surface area contributed by atoms with Crippen LogP contribution in [0.3, 0.4) is 0 Å². The Hall–Kier alpha value is -2.69. The van der Waals surface area contributed by atoms with Gasteiger partial charge in [0.2, 0.25) is 11.8 Å². The van der Waals surface area contributed by atoms with Gasteiger partial charge in [-0.3, -0.25) is 9.59 Å². The van der Waals surface area contributed by atoms with Crippen molar-refractivity contribution in [1.82, 2.24) is 10.2 Å². The van der Waals surface area contributed by atoms with Crippen molar-refractivity contribution in [3.8, 4) is 0 Å². The fourth-order valence-corrected chi connectivity index (χ4v) is 3.64. The number of rotatable bonds is 8. The van der Waals surface area contributed by atoms with Gasteiger partial charge >= 0.3 is 0 Å². The highest BCUT2D eigenvalue weighted by Gasteiger charge is 2.33. The second-order valence-corrected chi connectivity index (χ2v) is 7.28. The Morgan fingerprint density at radius 3 is 2.50 bits per heavy atom. The second kappa shape index (κ2) is 10.0. The number of aryl methyl sites for hydroxylation is 1. The van der Waals surface area contributed by atoms with E-state index in [9.17, 15) is 14.0 Å². The molecule has 1 fully saturated rings. The number of nitrogens with one attached hydrogen (secondary N) is 1. The zero-order valence-corrected chi connectivity index (χ0v) is 16.1. The summed E-state index contributed by atoms with van der Waals surface area (Å²) in [5, 5.41) is 2.96. The zero-order valence-electron chi connectivity index (χ0n) is 16.1. The summed E-state index contributed by atoms with van der Waals surface area (Å²) < 4.78 is 12.9. The number of unbranched alkanes of at least 4 members (excludes halogenated alkanes) is 1. The molecule has 1 aliphatic rings. The monoisotopic (exact) mass is 382 g/mol. The topological polar surface area (TPSA) is 49.4 Å². The molecule has 0 spiro atoms. The highest BCUT2D eigenvalue weighted by atomic mass is 19.1. The Kier molecular flexibility index (Phi) is 7.18. The summed E-state index contributed by atoms with van der Waals surface area (Å²) in [6.45, 7) is 1.14. The van der Waals surface area contributed by atoms with Gasteiger partial charge in [0, 0.05) is 19.5 Å². The Bertz CT molecular complexity index is 777. The first-order valence-electron chi connectivity index (χ1n) is 9.99. The predicted molar refractivity (Wildman–Crippen MR) is 107 cm³/mol. The first-order valence-corrected chi connectivity index (χ1v) is 9.99. The minimum Gasteiger partial charge on any atom is -0.350 e. The van der Waals surface area contributed by atoms with Crippen molar-refractivity contribution < 1.29 is 14.0 Å². The van der Waals surface area contributed by atoms with Gasteiger partial charge in [0.15, 0.2) is 0 Å². The lowest BCUT2D eigenvalue weighted by Gasteiger charge is -2.24. The lowest BCUT2D eigenvalue weighted by Crippen LogP contribution is -2.45. The lowest BCUT2D eigenvalue weighted by atomic mass is 10.1. The molecule has 1 aliphatic heterocycles. The smallest absolute Gasteiger partial charge is 0.243 e. The molecule has 0 aliphatic carbocycles. The normalized spacial score (nSPS) is 16.2. The third-order valence-electron chi connectivity index (χ3n) is 5.20. The summed E-state index contributed by atoms with van der Waals surface area (Å²) in [7, 11) is 0. The van der Waals surface area contributed by atoms with Crippen molar-refractivity contribution >= 4 is 11.8 Å². The third kappa shape index (κ3) is 5.65. The number of carbonyl (C=O) groups is 2. The number of nitrogens with zero attached hydrogens (tertiary/aromatic N) is 1. The molecule has 4 nitrogen and oxygen atoms in total. The van der Waals surface area contributed by atoms with Crippen LogP contribution >= 0.6 is 0 Å². The molecule has 0 saturated carbocycles. The Balaban J connectivity index is 1.42. The highest BCUT2D eigenvalue weighted by molar-refractivity contribution is 5.88. The summed E-state index contributed by atoms with van der Waals surface area (Å²) in [5.41, 5.74) is 2.13. The fraction of sp³-hybridized carbons (Fsp3) is 0.391. The van der Waals surface area contributed by atoms with E-state index in [0.29, 0.717) is 19.5 Å². The van der Waals surface area contributed by atoms with Crippen molar-refractivity contribution in [2.75, 3.05) is 6.54 Å². The van der Waals surface area contributed by atoms with Crippen LogP contribution in [0.15, 0.2) is 54.6 Å². The predicted octanol–water partition coefficient (Wildman–Crippen LogP) is 3.85. The minimum absolute atomic E-state index is 0.0523. The minimum atomic E-state index is -0.353.